The molecule has 1 atom stereocenters. The van der Waals surface area contributed by atoms with E-state index in [0.717, 1.165) is 24.2 Å². The highest BCUT2D eigenvalue weighted by Crippen LogP contribution is 2.45. The molecule has 4 rings (SSSR count). The zero-order valence-corrected chi connectivity index (χ0v) is 25.4. The number of Topliss-reactive ketones (excluding diaryl/α,β-unsaturated/α-hetero) is 1. The van der Waals surface area contributed by atoms with Crippen molar-refractivity contribution >= 4 is 63.1 Å². The van der Waals surface area contributed by atoms with Gasteiger partial charge in [0.1, 0.15) is 16.4 Å². The van der Waals surface area contributed by atoms with Gasteiger partial charge in [0.25, 0.3) is 5.78 Å². The lowest BCUT2D eigenvalue weighted by atomic mass is 9.95. The first-order valence-electron chi connectivity index (χ1n) is 13.2. The number of halogens is 2. The number of aryl methyl sites for hydroxylation is 1. The van der Waals surface area contributed by atoms with Crippen LogP contribution in [-0.2, 0) is 14.3 Å². The minimum Gasteiger partial charge on any atom is -0.507 e. The summed E-state index contributed by atoms with van der Waals surface area (Å²) in [6.07, 6.45) is 1.90. The van der Waals surface area contributed by atoms with E-state index in [-0.39, 0.29) is 43.9 Å². The number of rotatable bonds is 10. The van der Waals surface area contributed by atoms with Crippen LogP contribution in [0, 0.1) is 12.8 Å². The highest BCUT2D eigenvalue weighted by Gasteiger charge is 2.48. The van der Waals surface area contributed by atoms with Crippen LogP contribution in [0.5, 0.6) is 5.75 Å². The number of hydrogen-bond acceptors (Lipinski definition) is 8. The average molecular weight is 618 g/mol. The van der Waals surface area contributed by atoms with Crippen LogP contribution in [0.1, 0.15) is 66.1 Å². The number of carbonyl (C=O) groups is 3. The van der Waals surface area contributed by atoms with Gasteiger partial charge >= 0.3 is 11.9 Å². The molecule has 0 unspecified atom stereocenters. The number of benzene rings is 2. The van der Waals surface area contributed by atoms with Gasteiger partial charge in [-0.05, 0) is 61.2 Å². The largest absolute Gasteiger partial charge is 0.507 e. The first-order chi connectivity index (χ1) is 19.5. The van der Waals surface area contributed by atoms with Crippen molar-refractivity contribution < 1.29 is 29.0 Å². The molecule has 0 aliphatic carbocycles. The maximum Gasteiger partial charge on any atom is 0.350 e. The van der Waals surface area contributed by atoms with E-state index in [2.05, 4.69) is 11.9 Å². The van der Waals surface area contributed by atoms with Crippen LogP contribution in [0.4, 0.5) is 5.13 Å². The van der Waals surface area contributed by atoms with E-state index in [4.69, 9.17) is 32.7 Å². The molecule has 1 amide bonds. The summed E-state index contributed by atoms with van der Waals surface area (Å²) in [5, 5.41) is 12.0. The van der Waals surface area contributed by atoms with Crippen LogP contribution in [0.2, 0.25) is 10.0 Å². The molecule has 0 bridgehead atoms. The van der Waals surface area contributed by atoms with E-state index in [9.17, 15) is 19.5 Å². The van der Waals surface area contributed by atoms with Crippen molar-refractivity contribution in [2.75, 3.05) is 18.1 Å². The summed E-state index contributed by atoms with van der Waals surface area (Å²) in [5.74, 6) is -1.99. The van der Waals surface area contributed by atoms with Crippen molar-refractivity contribution in [1.29, 1.82) is 0 Å². The number of nitrogens with zero attached hydrogens (tertiary/aromatic N) is 2. The Kier molecular flexibility index (Phi) is 9.73. The van der Waals surface area contributed by atoms with Gasteiger partial charge in [-0.25, -0.2) is 9.78 Å². The molecule has 0 radical (unpaired) electrons. The van der Waals surface area contributed by atoms with Gasteiger partial charge < -0.3 is 14.6 Å². The molecule has 0 saturated carbocycles. The predicted molar refractivity (Wildman–Crippen MR) is 160 cm³/mol. The van der Waals surface area contributed by atoms with Crippen LogP contribution in [0.25, 0.3) is 5.76 Å². The number of carbonyl (C=O) groups excluding carboxylic acids is 3. The summed E-state index contributed by atoms with van der Waals surface area (Å²) in [6.45, 7) is 8.31. The number of hydrogen-bond donors (Lipinski definition) is 1. The lowest BCUT2D eigenvalue weighted by molar-refractivity contribution is -0.132. The second-order valence-corrected chi connectivity index (χ2v) is 11.8. The van der Waals surface area contributed by atoms with Crippen LogP contribution in [0.15, 0.2) is 48.0 Å². The fourth-order valence-electron chi connectivity index (χ4n) is 4.21. The summed E-state index contributed by atoms with van der Waals surface area (Å²) in [5.41, 5.74) is 0.956. The van der Waals surface area contributed by atoms with Crippen molar-refractivity contribution in [1.82, 2.24) is 4.98 Å². The number of aliphatic hydroxyl groups excluding tert-OH is 1. The monoisotopic (exact) mass is 616 g/mol. The molecule has 11 heteroatoms. The lowest BCUT2D eigenvalue weighted by Crippen LogP contribution is -2.29. The van der Waals surface area contributed by atoms with E-state index in [1.165, 1.54) is 11.0 Å². The van der Waals surface area contributed by atoms with Gasteiger partial charge in [-0.1, -0.05) is 67.8 Å². The summed E-state index contributed by atoms with van der Waals surface area (Å²) in [6, 6.07) is 10.2. The Labute approximate surface area is 252 Å². The van der Waals surface area contributed by atoms with Crippen molar-refractivity contribution in [2.24, 2.45) is 5.92 Å². The summed E-state index contributed by atoms with van der Waals surface area (Å²) in [4.78, 5) is 45.5. The minimum absolute atomic E-state index is 0.107. The van der Waals surface area contributed by atoms with Gasteiger partial charge in [0, 0.05) is 5.56 Å². The second kappa shape index (κ2) is 13.1. The Morgan fingerprint density at radius 1 is 1.12 bits per heavy atom. The van der Waals surface area contributed by atoms with E-state index in [1.807, 2.05) is 13.8 Å². The van der Waals surface area contributed by atoms with E-state index in [1.54, 1.807) is 43.3 Å². The highest BCUT2D eigenvalue weighted by molar-refractivity contribution is 7.17. The van der Waals surface area contributed by atoms with Crippen molar-refractivity contribution in [3.63, 3.8) is 0 Å². The molecular weight excluding hydrogens is 587 g/mol. The predicted octanol–water partition coefficient (Wildman–Crippen LogP) is 7.38. The Morgan fingerprint density at radius 2 is 1.83 bits per heavy atom. The van der Waals surface area contributed by atoms with Gasteiger partial charge in [-0.15, -0.1) is 0 Å². The number of anilines is 1. The van der Waals surface area contributed by atoms with E-state index in [0.29, 0.717) is 29.2 Å². The normalized spacial score (nSPS) is 16.5. The zero-order chi connectivity index (χ0) is 29.8. The average Bonchev–Trinajstić information content (AvgIpc) is 3.45. The quantitative estimate of drug-likeness (QED) is 0.0832. The molecule has 8 nitrogen and oxygen atoms in total. The third-order valence-corrected chi connectivity index (χ3v) is 8.20. The molecule has 216 valence electrons. The Morgan fingerprint density at radius 3 is 2.46 bits per heavy atom. The van der Waals surface area contributed by atoms with Crippen LogP contribution in [0.3, 0.4) is 0 Å². The second-order valence-electron chi connectivity index (χ2n) is 9.97. The molecule has 1 aliphatic rings. The molecule has 41 heavy (non-hydrogen) atoms. The van der Waals surface area contributed by atoms with Crippen LogP contribution in [-0.4, -0.2) is 41.0 Å². The molecule has 2 aromatic carbocycles. The maximum atomic E-state index is 13.5. The topological polar surface area (TPSA) is 106 Å². The summed E-state index contributed by atoms with van der Waals surface area (Å²) >= 11 is 13.4. The SMILES string of the molecule is CCCCOc1ccc(C(O)=C2C(=O)C(=O)N(c3nc(C)c(C(=O)OCC(C)C)s3)[C@H]2c2ccc(Cl)c(Cl)c2)cc1. The fraction of sp³-hybridized carbons (Fsp3) is 0.333. The smallest absolute Gasteiger partial charge is 0.350 e. The standard InChI is InChI=1S/C30H30Cl2N2O6S/c1-5-6-13-39-20-10-7-18(8-11-20)25(35)23-24(19-9-12-21(31)22(32)14-19)34(28(37)26(23)36)30-33-17(4)27(41-30)29(38)40-15-16(2)3/h7-12,14,16,24,35H,5-6,13,15H2,1-4H3/t24-/m0/s1. The third kappa shape index (κ3) is 6.58. The van der Waals surface area contributed by atoms with Crippen molar-refractivity contribution in [2.45, 2.75) is 46.6 Å². The first kappa shape index (κ1) is 30.6. The highest BCUT2D eigenvalue weighted by atomic mass is 35.5. The number of thiazole rings is 1. The molecule has 1 saturated heterocycles. The first-order valence-corrected chi connectivity index (χ1v) is 14.7. The van der Waals surface area contributed by atoms with Crippen LogP contribution < -0.4 is 9.64 Å². The molecule has 1 aromatic heterocycles. The zero-order valence-electron chi connectivity index (χ0n) is 23.1. The van der Waals surface area contributed by atoms with Gasteiger partial charge in [0.2, 0.25) is 0 Å². The number of esters is 1. The summed E-state index contributed by atoms with van der Waals surface area (Å²) < 4.78 is 11.1. The number of aromatic nitrogens is 1. The van der Waals surface area contributed by atoms with Gasteiger partial charge in [0.15, 0.2) is 5.13 Å². The maximum absolute atomic E-state index is 13.5. The molecule has 1 fully saturated rings. The van der Waals surface area contributed by atoms with Gasteiger partial charge in [-0.2, -0.15) is 0 Å². The van der Waals surface area contributed by atoms with E-state index < -0.39 is 23.7 Å². The molecule has 1 aliphatic heterocycles. The molecule has 0 spiro atoms. The minimum atomic E-state index is -1.09. The Balaban J connectivity index is 1.80. The fourth-order valence-corrected chi connectivity index (χ4v) is 5.50. The molecule has 2 heterocycles. The number of amides is 1. The molecule has 3 aromatic rings. The number of aliphatic hydroxyl groups is 1. The lowest BCUT2D eigenvalue weighted by Gasteiger charge is -2.23. The van der Waals surface area contributed by atoms with Gasteiger partial charge in [0.05, 0.1) is 40.6 Å². The third-order valence-electron chi connectivity index (χ3n) is 6.32. The van der Waals surface area contributed by atoms with Gasteiger partial charge in [-0.3, -0.25) is 14.5 Å². The van der Waals surface area contributed by atoms with E-state index >= 15 is 0 Å². The Bertz CT molecular complexity index is 1500. The number of ketones is 1. The van der Waals surface area contributed by atoms with Crippen molar-refractivity contribution in [3.8, 4) is 5.75 Å². The molecule has 1 N–H and O–H groups in total. The molecular formula is C30H30Cl2N2O6S. The number of unbranched alkanes of at least 4 members (excludes halogenated alkanes) is 1. The summed E-state index contributed by atoms with van der Waals surface area (Å²) in [7, 11) is 0. The van der Waals surface area contributed by atoms with Crippen LogP contribution >= 0.6 is 34.5 Å². The Hall–Kier alpha value is -3.40. The van der Waals surface area contributed by atoms with Crippen molar-refractivity contribution in [3.05, 3.63) is 79.8 Å². The number of ether oxygens (including phenoxy) is 2.